The highest BCUT2D eigenvalue weighted by Crippen LogP contribution is 2.21. The number of allylic oxidation sites excluding steroid dienone is 2. The molecule has 0 saturated heterocycles. The van der Waals surface area contributed by atoms with Crippen LogP contribution in [0.1, 0.15) is 19.3 Å². The van der Waals surface area contributed by atoms with E-state index in [4.69, 9.17) is 5.14 Å². The first-order valence-corrected chi connectivity index (χ1v) is 7.84. The molecule has 1 aliphatic carbocycles. The summed E-state index contributed by atoms with van der Waals surface area (Å²) in [7, 11) is -3.81. The van der Waals surface area contributed by atoms with Crippen molar-refractivity contribution in [1.82, 2.24) is 0 Å². The predicted octanol–water partition coefficient (Wildman–Crippen LogP) is 1.60. The summed E-state index contributed by atoms with van der Waals surface area (Å²) in [5.74, 6) is 0.204. The maximum Gasteiger partial charge on any atom is 0.296 e. The molecule has 4 N–H and O–H groups in total. The van der Waals surface area contributed by atoms with Crippen molar-refractivity contribution in [1.29, 1.82) is 0 Å². The van der Waals surface area contributed by atoms with Gasteiger partial charge in [0, 0.05) is 12.1 Å². The number of carbonyl (C=O) groups excluding carboxylic acids is 1. The predicted molar refractivity (Wildman–Crippen MR) is 78.3 cm³/mol. The van der Waals surface area contributed by atoms with E-state index in [0.717, 1.165) is 12.8 Å². The highest BCUT2D eigenvalue weighted by Gasteiger charge is 2.14. The average Bonchev–Trinajstić information content (AvgIpc) is 2.79. The van der Waals surface area contributed by atoms with Crippen LogP contribution in [0.25, 0.3) is 0 Å². The molecule has 2 rings (SSSR count). The van der Waals surface area contributed by atoms with Crippen LogP contribution < -0.4 is 15.2 Å². The number of anilines is 2. The minimum atomic E-state index is -3.81. The number of hydrogen-bond donors (Lipinski definition) is 3. The van der Waals surface area contributed by atoms with Gasteiger partial charge < -0.3 is 5.32 Å². The summed E-state index contributed by atoms with van der Waals surface area (Å²) in [5.41, 5.74) is 0.844. The fourth-order valence-corrected chi connectivity index (χ4v) is 2.60. The molecule has 0 radical (unpaired) electrons. The van der Waals surface area contributed by atoms with Crippen LogP contribution in [-0.4, -0.2) is 14.3 Å². The number of amides is 1. The Balaban J connectivity index is 1.96. The average molecular weight is 295 g/mol. The molecule has 0 aromatic heterocycles. The van der Waals surface area contributed by atoms with Gasteiger partial charge in [0.25, 0.3) is 10.2 Å². The fraction of sp³-hybridized carbons (Fsp3) is 0.308. The lowest BCUT2D eigenvalue weighted by molar-refractivity contribution is -0.116. The molecule has 1 atom stereocenters. The SMILES string of the molecule is NS(=O)(=O)Nc1cccc(NC(=O)CC2C=CCC2)c1. The third kappa shape index (κ3) is 4.67. The lowest BCUT2D eigenvalue weighted by atomic mass is 10.1. The standard InChI is InChI=1S/C13H17N3O3S/c14-20(18,19)16-12-7-3-6-11(9-12)15-13(17)8-10-4-1-2-5-10/h1,3-4,6-7,9-10,16H,2,5,8H2,(H,15,17)(H2,14,18,19). The zero-order chi connectivity index (χ0) is 14.6. The van der Waals surface area contributed by atoms with Gasteiger partial charge in [-0.1, -0.05) is 18.2 Å². The Morgan fingerprint density at radius 2 is 2.10 bits per heavy atom. The van der Waals surface area contributed by atoms with Crippen molar-refractivity contribution in [3.05, 3.63) is 36.4 Å². The minimum absolute atomic E-state index is 0.0886. The van der Waals surface area contributed by atoms with E-state index < -0.39 is 10.2 Å². The van der Waals surface area contributed by atoms with Gasteiger partial charge in [0.1, 0.15) is 0 Å². The third-order valence-corrected chi connectivity index (χ3v) is 3.49. The number of rotatable bonds is 5. The van der Waals surface area contributed by atoms with Crippen molar-refractivity contribution in [2.24, 2.45) is 11.1 Å². The van der Waals surface area contributed by atoms with E-state index in [9.17, 15) is 13.2 Å². The largest absolute Gasteiger partial charge is 0.326 e. The lowest BCUT2D eigenvalue weighted by Gasteiger charge is -2.10. The Morgan fingerprint density at radius 3 is 2.75 bits per heavy atom. The molecule has 0 fully saturated rings. The summed E-state index contributed by atoms with van der Waals surface area (Å²) in [6.07, 6.45) is 6.59. The number of carbonyl (C=O) groups is 1. The second-order valence-corrected chi connectivity index (χ2v) is 6.04. The number of benzene rings is 1. The minimum Gasteiger partial charge on any atom is -0.326 e. The van der Waals surface area contributed by atoms with Gasteiger partial charge in [-0.25, -0.2) is 5.14 Å². The van der Waals surface area contributed by atoms with Crippen LogP contribution in [0.4, 0.5) is 11.4 Å². The fourth-order valence-electron chi connectivity index (χ4n) is 2.14. The van der Waals surface area contributed by atoms with Crippen LogP contribution in [0.5, 0.6) is 0 Å². The summed E-state index contributed by atoms with van der Waals surface area (Å²) in [6, 6.07) is 6.40. The van der Waals surface area contributed by atoms with E-state index in [2.05, 4.69) is 22.2 Å². The lowest BCUT2D eigenvalue weighted by Crippen LogP contribution is -2.21. The van der Waals surface area contributed by atoms with Crippen LogP contribution in [0.15, 0.2) is 36.4 Å². The van der Waals surface area contributed by atoms with Crippen molar-refractivity contribution in [2.45, 2.75) is 19.3 Å². The van der Waals surface area contributed by atoms with E-state index in [0.29, 0.717) is 23.7 Å². The monoisotopic (exact) mass is 295 g/mol. The van der Waals surface area contributed by atoms with Crippen molar-refractivity contribution < 1.29 is 13.2 Å². The Labute approximate surface area is 118 Å². The summed E-state index contributed by atoms with van der Waals surface area (Å²) in [5, 5.41) is 7.64. The Bertz CT molecular complexity index is 626. The van der Waals surface area contributed by atoms with Crippen LogP contribution in [0.3, 0.4) is 0 Å². The van der Waals surface area contributed by atoms with Crippen LogP contribution in [0.2, 0.25) is 0 Å². The molecule has 0 spiro atoms. The Morgan fingerprint density at radius 1 is 1.35 bits per heavy atom. The van der Waals surface area contributed by atoms with Gasteiger partial charge in [0.2, 0.25) is 5.91 Å². The van der Waals surface area contributed by atoms with E-state index in [-0.39, 0.29) is 5.91 Å². The van der Waals surface area contributed by atoms with Gasteiger partial charge in [-0.3, -0.25) is 9.52 Å². The normalized spacial score (nSPS) is 17.9. The third-order valence-electron chi connectivity index (χ3n) is 2.97. The highest BCUT2D eigenvalue weighted by atomic mass is 32.2. The molecule has 1 aromatic rings. The van der Waals surface area contributed by atoms with Gasteiger partial charge in [0.15, 0.2) is 0 Å². The van der Waals surface area contributed by atoms with Gasteiger partial charge >= 0.3 is 0 Å². The van der Waals surface area contributed by atoms with Crippen molar-refractivity contribution in [3.63, 3.8) is 0 Å². The number of nitrogens with one attached hydrogen (secondary N) is 2. The molecule has 0 saturated carbocycles. The van der Waals surface area contributed by atoms with Crippen LogP contribution >= 0.6 is 0 Å². The summed E-state index contributed by atoms with van der Waals surface area (Å²) >= 11 is 0. The molecule has 1 amide bonds. The Kier molecular flexibility index (Phi) is 4.41. The quantitative estimate of drug-likeness (QED) is 0.719. The first kappa shape index (κ1) is 14.5. The van der Waals surface area contributed by atoms with E-state index in [1.165, 1.54) is 6.07 Å². The first-order valence-electron chi connectivity index (χ1n) is 6.29. The zero-order valence-electron chi connectivity index (χ0n) is 10.9. The van der Waals surface area contributed by atoms with Gasteiger partial charge in [-0.2, -0.15) is 8.42 Å². The molecule has 1 unspecified atom stereocenters. The second kappa shape index (κ2) is 6.06. The van der Waals surface area contributed by atoms with E-state index >= 15 is 0 Å². The number of hydrogen-bond acceptors (Lipinski definition) is 3. The maximum atomic E-state index is 11.9. The zero-order valence-corrected chi connectivity index (χ0v) is 11.7. The molecule has 7 heteroatoms. The molecule has 1 aliphatic rings. The molecule has 0 heterocycles. The smallest absolute Gasteiger partial charge is 0.296 e. The van der Waals surface area contributed by atoms with E-state index in [1.807, 2.05) is 0 Å². The van der Waals surface area contributed by atoms with E-state index in [1.54, 1.807) is 18.2 Å². The van der Waals surface area contributed by atoms with Crippen LogP contribution in [-0.2, 0) is 15.0 Å². The molecular formula is C13H17N3O3S. The molecule has 0 bridgehead atoms. The second-order valence-electron chi connectivity index (χ2n) is 4.75. The molecule has 0 aliphatic heterocycles. The van der Waals surface area contributed by atoms with Crippen molar-refractivity contribution in [3.8, 4) is 0 Å². The molecule has 108 valence electrons. The topological polar surface area (TPSA) is 101 Å². The van der Waals surface area contributed by atoms with Gasteiger partial charge in [-0.05, 0) is 37.0 Å². The molecule has 1 aromatic carbocycles. The first-order chi connectivity index (χ1) is 9.42. The Hall–Kier alpha value is -1.86. The molecular weight excluding hydrogens is 278 g/mol. The molecule has 6 nitrogen and oxygen atoms in total. The summed E-state index contributed by atoms with van der Waals surface area (Å²) < 4.78 is 24.0. The number of nitrogens with two attached hydrogens (primary N) is 1. The van der Waals surface area contributed by atoms with Crippen molar-refractivity contribution in [2.75, 3.05) is 10.0 Å². The van der Waals surface area contributed by atoms with Crippen molar-refractivity contribution >= 4 is 27.5 Å². The van der Waals surface area contributed by atoms with Gasteiger partial charge in [-0.15, -0.1) is 0 Å². The van der Waals surface area contributed by atoms with Gasteiger partial charge in [0.05, 0.1) is 5.69 Å². The molecule has 20 heavy (non-hydrogen) atoms. The summed E-state index contributed by atoms with van der Waals surface area (Å²) in [4.78, 5) is 11.9. The maximum absolute atomic E-state index is 11.9. The summed E-state index contributed by atoms with van der Waals surface area (Å²) in [6.45, 7) is 0. The highest BCUT2D eigenvalue weighted by molar-refractivity contribution is 7.90. The van der Waals surface area contributed by atoms with Crippen LogP contribution in [0, 0.1) is 5.92 Å².